The van der Waals surface area contributed by atoms with Crippen LogP contribution in [0.15, 0.2) is 32.5 Å². The first-order chi connectivity index (χ1) is 11.5. The molecule has 1 saturated carbocycles. The summed E-state index contributed by atoms with van der Waals surface area (Å²) in [5.74, 6) is -0.538. The number of benzene rings is 1. The summed E-state index contributed by atoms with van der Waals surface area (Å²) in [5, 5.41) is 2.79. The van der Waals surface area contributed by atoms with Crippen molar-refractivity contribution in [3.63, 3.8) is 0 Å². The Morgan fingerprint density at radius 1 is 1.33 bits per heavy atom. The van der Waals surface area contributed by atoms with Crippen molar-refractivity contribution in [1.29, 1.82) is 0 Å². The van der Waals surface area contributed by atoms with Crippen LogP contribution in [-0.4, -0.2) is 21.3 Å². The first-order valence-corrected chi connectivity index (χ1v) is 8.68. The fourth-order valence-corrected chi connectivity index (χ4v) is 4.13. The van der Waals surface area contributed by atoms with Gasteiger partial charge in [-0.15, -0.1) is 0 Å². The van der Waals surface area contributed by atoms with Crippen molar-refractivity contribution in [3.05, 3.63) is 50.0 Å². The second-order valence-corrected chi connectivity index (χ2v) is 6.98. The Labute approximate surface area is 145 Å². The van der Waals surface area contributed by atoms with E-state index >= 15 is 0 Å². The van der Waals surface area contributed by atoms with Crippen molar-refractivity contribution in [2.45, 2.75) is 32.2 Å². The number of hydrogen-bond acceptors (Lipinski definition) is 3. The molecule has 0 spiro atoms. The van der Waals surface area contributed by atoms with Crippen LogP contribution >= 0.6 is 15.9 Å². The maximum absolute atomic E-state index is 13.6. The molecule has 2 heterocycles. The number of aromatic amines is 1. The van der Waals surface area contributed by atoms with Gasteiger partial charge in [0.25, 0.3) is 5.56 Å². The number of fused-ring (bicyclic) bond motifs is 2. The van der Waals surface area contributed by atoms with Gasteiger partial charge in [-0.05, 0) is 47.0 Å². The number of hydrogen-bond donors (Lipinski definition) is 1. The molecule has 0 amide bonds. The zero-order valence-corrected chi connectivity index (χ0v) is 14.6. The van der Waals surface area contributed by atoms with Crippen LogP contribution in [0.25, 0.3) is 0 Å². The van der Waals surface area contributed by atoms with Gasteiger partial charge in [-0.25, -0.2) is 9.38 Å². The van der Waals surface area contributed by atoms with Crippen molar-refractivity contribution in [2.75, 3.05) is 0 Å². The molecule has 0 bridgehead atoms. The number of aryl methyl sites for hydroxylation is 1. The zero-order valence-electron chi connectivity index (χ0n) is 13.0. The molecule has 1 aliphatic heterocycles. The summed E-state index contributed by atoms with van der Waals surface area (Å²) in [6.45, 7) is 2.51. The zero-order chi connectivity index (χ0) is 17.0. The van der Waals surface area contributed by atoms with Crippen LogP contribution < -0.4 is 5.56 Å². The summed E-state index contributed by atoms with van der Waals surface area (Å²) in [5.41, 5.74) is 1.83. The molecule has 5 nitrogen and oxygen atoms in total. The Balaban J connectivity index is 1.98. The molecule has 0 radical (unpaired) electrons. The van der Waals surface area contributed by atoms with E-state index in [0.717, 1.165) is 11.3 Å². The molecule has 1 N–H and O–H groups in total. The van der Waals surface area contributed by atoms with Gasteiger partial charge in [-0.1, -0.05) is 6.07 Å². The van der Waals surface area contributed by atoms with Gasteiger partial charge in [-0.3, -0.25) is 19.4 Å². The largest absolute Gasteiger partial charge is 0.299 e. The van der Waals surface area contributed by atoms with E-state index in [1.54, 1.807) is 16.8 Å². The van der Waals surface area contributed by atoms with Gasteiger partial charge in [0.15, 0.2) is 5.82 Å². The number of aromatic nitrogens is 2. The highest BCUT2D eigenvalue weighted by molar-refractivity contribution is 9.10. The summed E-state index contributed by atoms with van der Waals surface area (Å²) < 4.78 is 15.7. The molecular weight excluding hydrogens is 377 g/mol. The number of carbonyl (C=O) groups is 1. The summed E-state index contributed by atoms with van der Waals surface area (Å²) in [6, 6.07) is 4.65. The van der Waals surface area contributed by atoms with Gasteiger partial charge in [-0.2, -0.15) is 0 Å². The number of rotatable bonds is 2. The van der Waals surface area contributed by atoms with Crippen LogP contribution in [0, 0.1) is 11.7 Å². The number of aliphatic imine (C=N–C) groups is 1. The average molecular weight is 392 g/mol. The molecular formula is C17H15BrFN3O2. The third-order valence-corrected chi connectivity index (χ3v) is 5.43. The quantitative estimate of drug-likeness (QED) is 0.853. The minimum Gasteiger partial charge on any atom is -0.299 e. The predicted molar refractivity (Wildman–Crippen MR) is 91.5 cm³/mol. The molecule has 2 unspecified atom stereocenters. The predicted octanol–water partition coefficient (Wildman–Crippen LogP) is 3.30. The van der Waals surface area contributed by atoms with Crippen LogP contribution in [-0.2, 0) is 11.3 Å². The smallest absolute Gasteiger partial charge is 0.270 e. The van der Waals surface area contributed by atoms with Crippen molar-refractivity contribution in [1.82, 2.24) is 9.78 Å². The molecule has 124 valence electrons. The molecule has 24 heavy (non-hydrogen) atoms. The van der Waals surface area contributed by atoms with Gasteiger partial charge in [0, 0.05) is 24.6 Å². The summed E-state index contributed by atoms with van der Waals surface area (Å²) >= 11 is 3.20. The van der Waals surface area contributed by atoms with E-state index in [1.165, 1.54) is 6.07 Å². The van der Waals surface area contributed by atoms with Crippen LogP contribution in [0.5, 0.6) is 0 Å². The number of Topliss-reactive ketones (excluding diaryl/α,β-unsaturated/α-hetero) is 1. The lowest BCUT2D eigenvalue weighted by molar-refractivity contribution is -0.120. The number of nitrogens with zero attached hydrogens (tertiary/aromatic N) is 2. The molecule has 2 aliphatic rings. The molecule has 2 aromatic rings. The number of nitrogens with one attached hydrogen (secondary N) is 1. The minimum absolute atomic E-state index is 0.0912. The van der Waals surface area contributed by atoms with E-state index in [2.05, 4.69) is 26.0 Å². The summed E-state index contributed by atoms with van der Waals surface area (Å²) in [4.78, 5) is 29.6. The van der Waals surface area contributed by atoms with Gasteiger partial charge < -0.3 is 0 Å². The van der Waals surface area contributed by atoms with Crippen molar-refractivity contribution < 1.29 is 9.18 Å². The Morgan fingerprint density at radius 3 is 2.83 bits per heavy atom. The minimum atomic E-state index is -0.427. The second-order valence-electron chi connectivity index (χ2n) is 6.12. The fourth-order valence-electron chi connectivity index (χ4n) is 3.73. The van der Waals surface area contributed by atoms with Crippen molar-refractivity contribution in [3.8, 4) is 0 Å². The topological polar surface area (TPSA) is 67.2 Å². The SMILES string of the molecule is CCn1[nH]c(=O)c2c1N=C1CCC(=O)C1C2c1ccc(F)c(Br)c1. The molecule has 2 atom stereocenters. The standard InChI is InChI=1S/C17H15BrFN3O2/c1-2-22-16-15(17(24)21-22)13(8-3-4-10(19)9(18)7-8)14-11(20-16)5-6-12(14)23/h3-4,7,13-14H,2,5-6H2,1H3,(H,21,24). The lowest BCUT2D eigenvalue weighted by Gasteiger charge is -2.27. The molecule has 1 aliphatic carbocycles. The Kier molecular flexibility index (Phi) is 3.56. The third kappa shape index (κ3) is 2.14. The molecule has 0 saturated heterocycles. The second kappa shape index (κ2) is 5.51. The fraction of sp³-hybridized carbons (Fsp3) is 0.353. The molecule has 1 fully saturated rings. The van der Waals surface area contributed by atoms with Gasteiger partial charge in [0.2, 0.25) is 0 Å². The molecule has 4 rings (SSSR count). The number of H-pyrrole nitrogens is 1. The van der Waals surface area contributed by atoms with Gasteiger partial charge in [0.1, 0.15) is 11.6 Å². The lowest BCUT2D eigenvalue weighted by atomic mass is 9.77. The van der Waals surface area contributed by atoms with Crippen LogP contribution in [0.2, 0.25) is 0 Å². The van der Waals surface area contributed by atoms with E-state index in [-0.39, 0.29) is 17.2 Å². The number of ketones is 1. The molecule has 1 aromatic carbocycles. The van der Waals surface area contributed by atoms with E-state index < -0.39 is 11.8 Å². The van der Waals surface area contributed by atoms with Crippen molar-refractivity contribution in [2.24, 2.45) is 10.9 Å². The Bertz CT molecular complexity index is 944. The van der Waals surface area contributed by atoms with Gasteiger partial charge in [0.05, 0.1) is 16.0 Å². The highest BCUT2D eigenvalue weighted by atomic mass is 79.9. The maximum atomic E-state index is 13.6. The highest BCUT2D eigenvalue weighted by Crippen LogP contribution is 2.45. The Morgan fingerprint density at radius 2 is 2.12 bits per heavy atom. The first kappa shape index (κ1) is 15.5. The van der Waals surface area contributed by atoms with Crippen LogP contribution in [0.1, 0.15) is 36.8 Å². The van der Waals surface area contributed by atoms with E-state index in [4.69, 9.17) is 0 Å². The number of carbonyl (C=O) groups excluding carboxylic acids is 1. The first-order valence-electron chi connectivity index (χ1n) is 7.89. The molecule has 1 aromatic heterocycles. The lowest BCUT2D eigenvalue weighted by Crippen LogP contribution is -2.30. The molecule has 7 heteroatoms. The van der Waals surface area contributed by atoms with Crippen molar-refractivity contribution >= 4 is 33.2 Å². The number of halogens is 2. The normalized spacial score (nSPS) is 22.3. The van der Waals surface area contributed by atoms with E-state index in [1.807, 2.05) is 6.92 Å². The summed E-state index contributed by atoms with van der Waals surface area (Å²) in [6.07, 6.45) is 1.06. The average Bonchev–Trinajstić information content (AvgIpc) is 3.09. The van der Waals surface area contributed by atoms with E-state index in [0.29, 0.717) is 35.2 Å². The van der Waals surface area contributed by atoms with Crippen LogP contribution in [0.4, 0.5) is 10.2 Å². The third-order valence-electron chi connectivity index (χ3n) is 4.82. The highest BCUT2D eigenvalue weighted by Gasteiger charge is 2.45. The Hall–Kier alpha value is -2.02. The van der Waals surface area contributed by atoms with Gasteiger partial charge >= 0.3 is 0 Å². The monoisotopic (exact) mass is 391 g/mol. The summed E-state index contributed by atoms with van der Waals surface area (Å²) in [7, 11) is 0. The van der Waals surface area contributed by atoms with Crippen LogP contribution in [0.3, 0.4) is 0 Å². The van der Waals surface area contributed by atoms with E-state index in [9.17, 15) is 14.0 Å². The maximum Gasteiger partial charge on any atom is 0.270 e.